The Labute approximate surface area is 68.3 Å². The number of nitrogens with one attached hydrogen (secondary N) is 1. The fourth-order valence-electron chi connectivity index (χ4n) is 1.80. The monoisotopic (exact) mass is 159 g/mol. The third-order valence-electron chi connectivity index (χ3n) is 2.34. The summed E-state index contributed by atoms with van der Waals surface area (Å²) in [5.74, 6) is 0. The fraction of sp³-hybridized carbons (Fsp3) is 0.750. The molecule has 0 saturated carbocycles. The molecule has 2 heterocycles. The van der Waals surface area contributed by atoms with Crippen LogP contribution in [0.25, 0.3) is 0 Å². The summed E-state index contributed by atoms with van der Waals surface area (Å²) >= 11 is 0. The summed E-state index contributed by atoms with van der Waals surface area (Å²) in [5, 5.41) is 3.59. The molecule has 2 rings (SSSR count). The van der Waals surface area contributed by atoms with E-state index in [0.717, 1.165) is 12.1 Å². The van der Waals surface area contributed by atoms with Gasteiger partial charge in [-0.3, -0.25) is 0 Å². The molecule has 0 spiro atoms. The van der Waals surface area contributed by atoms with Crippen LogP contribution >= 0.6 is 12.4 Å². The largest absolute Gasteiger partial charge is 0.311 e. The molecule has 2 bridgehead atoms. The topological polar surface area (TPSA) is 12.0 Å². The number of halogens is 1. The van der Waals surface area contributed by atoms with Crippen LogP contribution in [0, 0.1) is 0 Å². The Kier molecular flexibility index (Phi) is 2.75. The minimum atomic E-state index is 0. The average Bonchev–Trinajstić information content (AvgIpc) is 2.09. The molecular formula is C8H14ClN. The molecule has 0 aromatic heterocycles. The first-order chi connectivity index (χ1) is 4.45. The van der Waals surface area contributed by atoms with Gasteiger partial charge < -0.3 is 5.32 Å². The van der Waals surface area contributed by atoms with Crippen LogP contribution in [-0.2, 0) is 0 Å². The second kappa shape index (κ2) is 3.40. The van der Waals surface area contributed by atoms with Gasteiger partial charge in [0.2, 0.25) is 0 Å². The second-order valence-corrected chi connectivity index (χ2v) is 3.08. The third kappa shape index (κ3) is 1.53. The van der Waals surface area contributed by atoms with Crippen LogP contribution in [-0.4, -0.2) is 12.1 Å². The van der Waals surface area contributed by atoms with E-state index >= 15 is 0 Å². The number of rotatable bonds is 0. The summed E-state index contributed by atoms with van der Waals surface area (Å²) in [4.78, 5) is 0. The van der Waals surface area contributed by atoms with Gasteiger partial charge in [0.25, 0.3) is 0 Å². The number of hydrogen-bond acceptors (Lipinski definition) is 1. The maximum atomic E-state index is 3.59. The smallest absolute Gasteiger partial charge is 0.0105 e. The lowest BCUT2D eigenvalue weighted by molar-refractivity contribution is 0.558. The molecule has 0 amide bonds. The van der Waals surface area contributed by atoms with E-state index in [9.17, 15) is 0 Å². The van der Waals surface area contributed by atoms with E-state index < -0.39 is 0 Å². The molecule has 2 aliphatic rings. The van der Waals surface area contributed by atoms with Gasteiger partial charge in [0, 0.05) is 12.1 Å². The maximum Gasteiger partial charge on any atom is 0.0105 e. The maximum absolute atomic E-state index is 3.59. The van der Waals surface area contributed by atoms with Gasteiger partial charge in [-0.15, -0.1) is 12.4 Å². The Bertz CT molecular complexity index is 119. The predicted octanol–water partition coefficient (Wildman–Crippen LogP) is 1.88. The zero-order valence-corrected chi connectivity index (χ0v) is 6.86. The van der Waals surface area contributed by atoms with Crippen molar-refractivity contribution in [3.63, 3.8) is 0 Å². The Balaban J connectivity index is 0.000000500. The fourth-order valence-corrected chi connectivity index (χ4v) is 1.80. The summed E-state index contributed by atoms with van der Waals surface area (Å²) < 4.78 is 0. The molecule has 2 atom stereocenters. The predicted molar refractivity (Wildman–Crippen MR) is 45.6 cm³/mol. The Morgan fingerprint density at radius 2 is 1.50 bits per heavy atom. The first-order valence-electron chi connectivity index (χ1n) is 3.86. The summed E-state index contributed by atoms with van der Waals surface area (Å²) in [6.07, 6.45) is 9.95. The van der Waals surface area contributed by atoms with E-state index in [2.05, 4.69) is 17.5 Å². The van der Waals surface area contributed by atoms with Crippen LogP contribution in [0.1, 0.15) is 25.7 Å². The Morgan fingerprint density at radius 1 is 1.00 bits per heavy atom. The lowest BCUT2D eigenvalue weighted by Crippen LogP contribution is -2.26. The van der Waals surface area contributed by atoms with E-state index in [1.54, 1.807) is 0 Å². The molecule has 1 fully saturated rings. The number of fused-ring (bicyclic) bond motifs is 2. The van der Waals surface area contributed by atoms with Crippen LogP contribution in [0.3, 0.4) is 0 Å². The highest BCUT2D eigenvalue weighted by Crippen LogP contribution is 2.20. The van der Waals surface area contributed by atoms with Crippen molar-refractivity contribution >= 4 is 12.4 Å². The molecule has 2 heteroatoms. The van der Waals surface area contributed by atoms with E-state index in [1.807, 2.05) is 0 Å². The Hall–Kier alpha value is -0.0100. The summed E-state index contributed by atoms with van der Waals surface area (Å²) in [7, 11) is 0. The van der Waals surface area contributed by atoms with Crippen molar-refractivity contribution in [2.75, 3.05) is 0 Å². The molecule has 1 N–H and O–H groups in total. The Morgan fingerprint density at radius 3 is 2.00 bits per heavy atom. The summed E-state index contributed by atoms with van der Waals surface area (Å²) in [6.45, 7) is 0. The molecule has 58 valence electrons. The summed E-state index contributed by atoms with van der Waals surface area (Å²) in [5.41, 5.74) is 0. The number of hydrogen-bond donors (Lipinski definition) is 1. The highest BCUT2D eigenvalue weighted by atomic mass is 35.5. The lowest BCUT2D eigenvalue weighted by Gasteiger charge is -2.06. The van der Waals surface area contributed by atoms with Gasteiger partial charge >= 0.3 is 0 Å². The quantitative estimate of drug-likeness (QED) is 0.533. The molecule has 0 aromatic carbocycles. The van der Waals surface area contributed by atoms with Gasteiger partial charge in [-0.2, -0.15) is 0 Å². The van der Waals surface area contributed by atoms with Gasteiger partial charge in [0.15, 0.2) is 0 Å². The molecule has 2 aliphatic heterocycles. The molecule has 0 aromatic rings. The van der Waals surface area contributed by atoms with Gasteiger partial charge in [0.05, 0.1) is 0 Å². The SMILES string of the molecule is C1=CC[C@H]2CC[C@@H](C1)N2.Cl. The highest BCUT2D eigenvalue weighted by Gasteiger charge is 2.22. The first-order valence-corrected chi connectivity index (χ1v) is 3.86. The van der Waals surface area contributed by atoms with Crippen molar-refractivity contribution in [2.24, 2.45) is 0 Å². The first kappa shape index (κ1) is 8.09. The third-order valence-corrected chi connectivity index (χ3v) is 2.34. The van der Waals surface area contributed by atoms with Crippen molar-refractivity contribution < 1.29 is 0 Å². The van der Waals surface area contributed by atoms with E-state index in [1.165, 1.54) is 25.7 Å². The van der Waals surface area contributed by atoms with Crippen molar-refractivity contribution in [2.45, 2.75) is 37.8 Å². The van der Waals surface area contributed by atoms with Crippen molar-refractivity contribution in [3.05, 3.63) is 12.2 Å². The van der Waals surface area contributed by atoms with Crippen LogP contribution in [0.2, 0.25) is 0 Å². The van der Waals surface area contributed by atoms with E-state index in [4.69, 9.17) is 0 Å². The van der Waals surface area contributed by atoms with Crippen LogP contribution in [0.4, 0.5) is 0 Å². The molecular weight excluding hydrogens is 146 g/mol. The molecule has 0 radical (unpaired) electrons. The van der Waals surface area contributed by atoms with Gasteiger partial charge in [-0.05, 0) is 25.7 Å². The molecule has 1 saturated heterocycles. The van der Waals surface area contributed by atoms with Crippen molar-refractivity contribution in [3.8, 4) is 0 Å². The minimum Gasteiger partial charge on any atom is -0.311 e. The molecule has 1 nitrogen and oxygen atoms in total. The van der Waals surface area contributed by atoms with Crippen LogP contribution < -0.4 is 5.32 Å². The highest BCUT2D eigenvalue weighted by molar-refractivity contribution is 5.85. The normalized spacial score (nSPS) is 36.8. The summed E-state index contributed by atoms with van der Waals surface area (Å²) in [6, 6.07) is 1.63. The van der Waals surface area contributed by atoms with E-state index in [0.29, 0.717) is 0 Å². The zero-order valence-electron chi connectivity index (χ0n) is 6.05. The molecule has 10 heavy (non-hydrogen) atoms. The van der Waals surface area contributed by atoms with Gasteiger partial charge in [-0.25, -0.2) is 0 Å². The molecule has 0 aliphatic carbocycles. The second-order valence-electron chi connectivity index (χ2n) is 3.08. The van der Waals surface area contributed by atoms with E-state index in [-0.39, 0.29) is 12.4 Å². The van der Waals surface area contributed by atoms with Crippen LogP contribution in [0.5, 0.6) is 0 Å². The van der Waals surface area contributed by atoms with Crippen LogP contribution in [0.15, 0.2) is 12.2 Å². The molecule has 0 unspecified atom stereocenters. The van der Waals surface area contributed by atoms with Gasteiger partial charge in [-0.1, -0.05) is 12.2 Å². The lowest BCUT2D eigenvalue weighted by atomic mass is 10.1. The zero-order chi connectivity index (χ0) is 6.10. The van der Waals surface area contributed by atoms with Gasteiger partial charge in [0.1, 0.15) is 0 Å². The van der Waals surface area contributed by atoms with Crippen molar-refractivity contribution in [1.82, 2.24) is 5.32 Å². The van der Waals surface area contributed by atoms with Crippen molar-refractivity contribution in [1.29, 1.82) is 0 Å². The minimum absolute atomic E-state index is 0. The average molecular weight is 160 g/mol. The standard InChI is InChI=1S/C8H13N.ClH/c1-2-4-8-6-5-7(3-1)9-8;/h1-2,7-9H,3-6H2;1H/t7-,8+;.